The van der Waals surface area contributed by atoms with Crippen LogP contribution in [0.5, 0.6) is 11.5 Å². The van der Waals surface area contributed by atoms with Gasteiger partial charge in [0.1, 0.15) is 13.2 Å². The van der Waals surface area contributed by atoms with Crippen molar-refractivity contribution in [3.8, 4) is 11.5 Å². The Labute approximate surface area is 174 Å². The largest absolute Gasteiger partial charge is 0.486 e. The molecule has 0 bridgehead atoms. The van der Waals surface area contributed by atoms with E-state index >= 15 is 0 Å². The third-order valence-corrected chi connectivity index (χ3v) is 4.51. The van der Waals surface area contributed by atoms with Gasteiger partial charge in [-0.25, -0.2) is 0 Å². The number of hydrogen-bond donors (Lipinski definition) is 3. The SMILES string of the molecule is CC(C)[C@H](NC(=O)CNC(=O)CNC(=O)c1ccco1)c1ccc2c(c1)OCCO2. The van der Waals surface area contributed by atoms with E-state index in [1.807, 2.05) is 32.0 Å². The number of carbonyl (C=O) groups excluding carboxylic acids is 3. The van der Waals surface area contributed by atoms with Crippen molar-refractivity contribution in [2.24, 2.45) is 5.92 Å². The van der Waals surface area contributed by atoms with Gasteiger partial charge in [0, 0.05) is 0 Å². The summed E-state index contributed by atoms with van der Waals surface area (Å²) in [5.41, 5.74) is 0.889. The number of fused-ring (bicyclic) bond motifs is 1. The Hall–Kier alpha value is -3.49. The fourth-order valence-corrected chi connectivity index (χ4v) is 3.01. The Kier molecular flexibility index (Phi) is 6.95. The molecule has 1 aromatic heterocycles. The maximum atomic E-state index is 12.4. The lowest BCUT2D eigenvalue weighted by Crippen LogP contribution is -2.43. The normalized spacial score (nSPS) is 13.4. The van der Waals surface area contributed by atoms with Gasteiger partial charge in [-0.15, -0.1) is 0 Å². The molecule has 3 N–H and O–H groups in total. The van der Waals surface area contributed by atoms with Crippen molar-refractivity contribution >= 4 is 17.7 Å². The van der Waals surface area contributed by atoms with E-state index in [1.165, 1.54) is 12.3 Å². The van der Waals surface area contributed by atoms with Crippen LogP contribution in [0.25, 0.3) is 0 Å². The highest BCUT2D eigenvalue weighted by atomic mass is 16.6. The molecule has 2 aromatic rings. The zero-order valence-corrected chi connectivity index (χ0v) is 16.9. The second kappa shape index (κ2) is 9.82. The van der Waals surface area contributed by atoms with Crippen molar-refractivity contribution in [2.45, 2.75) is 19.9 Å². The third-order valence-electron chi connectivity index (χ3n) is 4.51. The average molecular weight is 415 g/mol. The first-order valence-electron chi connectivity index (χ1n) is 9.71. The summed E-state index contributed by atoms with van der Waals surface area (Å²) >= 11 is 0. The molecule has 2 heterocycles. The number of nitrogens with one attached hydrogen (secondary N) is 3. The van der Waals surface area contributed by atoms with Crippen LogP contribution < -0.4 is 25.4 Å². The van der Waals surface area contributed by atoms with E-state index in [4.69, 9.17) is 13.9 Å². The predicted octanol–water partition coefficient (Wildman–Crippen LogP) is 1.41. The standard InChI is InChI=1S/C21H25N3O6/c1-13(2)20(14-5-6-15-17(10-14)30-9-8-29-15)24-19(26)12-22-18(25)11-23-21(27)16-4-3-7-28-16/h3-7,10,13,20H,8-9,11-12H2,1-2H3,(H,22,25)(H,23,27)(H,24,26)/t20-/m0/s1. The number of ether oxygens (including phenoxy) is 2. The molecular weight excluding hydrogens is 390 g/mol. The molecule has 9 heteroatoms. The maximum absolute atomic E-state index is 12.4. The molecule has 0 saturated carbocycles. The van der Waals surface area contributed by atoms with Crippen LogP contribution in [0.15, 0.2) is 41.0 Å². The summed E-state index contributed by atoms with van der Waals surface area (Å²) in [5, 5.41) is 7.84. The molecule has 160 valence electrons. The molecule has 0 aliphatic carbocycles. The second-order valence-electron chi connectivity index (χ2n) is 7.13. The summed E-state index contributed by atoms with van der Waals surface area (Å²) in [6, 6.07) is 8.39. The van der Waals surface area contributed by atoms with Crippen LogP contribution in [0.3, 0.4) is 0 Å². The zero-order valence-electron chi connectivity index (χ0n) is 16.9. The Bertz CT molecular complexity index is 894. The van der Waals surface area contributed by atoms with Gasteiger partial charge in [-0.3, -0.25) is 14.4 Å². The van der Waals surface area contributed by atoms with Crippen LogP contribution in [-0.2, 0) is 9.59 Å². The van der Waals surface area contributed by atoms with E-state index in [-0.39, 0.29) is 36.7 Å². The smallest absolute Gasteiger partial charge is 0.287 e. The van der Waals surface area contributed by atoms with Crippen molar-refractivity contribution in [1.82, 2.24) is 16.0 Å². The molecule has 0 unspecified atom stereocenters. The molecule has 0 spiro atoms. The highest BCUT2D eigenvalue weighted by Gasteiger charge is 2.21. The highest BCUT2D eigenvalue weighted by Crippen LogP contribution is 2.34. The lowest BCUT2D eigenvalue weighted by Gasteiger charge is -2.25. The molecule has 3 amide bonds. The van der Waals surface area contributed by atoms with E-state index in [0.717, 1.165) is 5.56 Å². The van der Waals surface area contributed by atoms with Gasteiger partial charge in [0.2, 0.25) is 11.8 Å². The predicted molar refractivity (Wildman–Crippen MR) is 107 cm³/mol. The Morgan fingerprint density at radius 1 is 0.967 bits per heavy atom. The van der Waals surface area contributed by atoms with Gasteiger partial charge < -0.3 is 29.8 Å². The minimum atomic E-state index is -0.502. The van der Waals surface area contributed by atoms with Crippen LogP contribution in [0.1, 0.15) is 36.0 Å². The molecule has 0 fully saturated rings. The minimum Gasteiger partial charge on any atom is -0.486 e. The van der Waals surface area contributed by atoms with E-state index in [2.05, 4.69) is 16.0 Å². The molecule has 9 nitrogen and oxygen atoms in total. The molecule has 1 aliphatic heterocycles. The van der Waals surface area contributed by atoms with Gasteiger partial charge in [0.25, 0.3) is 5.91 Å². The van der Waals surface area contributed by atoms with Gasteiger partial charge in [-0.2, -0.15) is 0 Å². The minimum absolute atomic E-state index is 0.111. The van der Waals surface area contributed by atoms with Gasteiger partial charge in [0.05, 0.1) is 25.4 Å². The van der Waals surface area contributed by atoms with Crippen LogP contribution in [0, 0.1) is 5.92 Å². The Balaban J connectivity index is 1.49. The summed E-state index contributed by atoms with van der Waals surface area (Å²) in [5.74, 6) is 0.236. The molecule has 30 heavy (non-hydrogen) atoms. The van der Waals surface area contributed by atoms with Crippen molar-refractivity contribution in [3.05, 3.63) is 47.9 Å². The average Bonchev–Trinajstić information content (AvgIpc) is 3.29. The topological polar surface area (TPSA) is 119 Å². The fraction of sp³-hybridized carbons (Fsp3) is 0.381. The summed E-state index contributed by atoms with van der Waals surface area (Å²) in [7, 11) is 0. The number of rotatable bonds is 8. The summed E-state index contributed by atoms with van der Waals surface area (Å²) in [6.07, 6.45) is 1.37. The Morgan fingerprint density at radius 2 is 1.70 bits per heavy atom. The molecule has 1 atom stereocenters. The van der Waals surface area contributed by atoms with Crippen molar-refractivity contribution < 1.29 is 28.3 Å². The summed E-state index contributed by atoms with van der Waals surface area (Å²) in [4.78, 5) is 36.0. The molecular formula is C21H25N3O6. The second-order valence-corrected chi connectivity index (χ2v) is 7.13. The van der Waals surface area contributed by atoms with E-state index in [1.54, 1.807) is 6.07 Å². The maximum Gasteiger partial charge on any atom is 0.287 e. The van der Waals surface area contributed by atoms with Gasteiger partial charge in [-0.1, -0.05) is 19.9 Å². The molecule has 1 aromatic carbocycles. The molecule has 3 rings (SSSR count). The van der Waals surface area contributed by atoms with Crippen molar-refractivity contribution in [3.63, 3.8) is 0 Å². The first kappa shape index (κ1) is 21.2. The number of carbonyl (C=O) groups is 3. The van der Waals surface area contributed by atoms with Crippen LogP contribution in [-0.4, -0.2) is 44.0 Å². The molecule has 1 aliphatic rings. The lowest BCUT2D eigenvalue weighted by molar-refractivity contribution is -0.126. The number of hydrogen-bond acceptors (Lipinski definition) is 6. The van der Waals surface area contributed by atoms with Crippen molar-refractivity contribution in [1.29, 1.82) is 0 Å². The van der Waals surface area contributed by atoms with Crippen LogP contribution in [0.4, 0.5) is 0 Å². The number of benzene rings is 1. The summed E-state index contributed by atoms with van der Waals surface area (Å²) < 4.78 is 16.1. The fourth-order valence-electron chi connectivity index (χ4n) is 3.01. The molecule has 0 saturated heterocycles. The first-order chi connectivity index (χ1) is 14.4. The number of furan rings is 1. The van der Waals surface area contributed by atoms with E-state index < -0.39 is 11.8 Å². The van der Waals surface area contributed by atoms with Crippen LogP contribution >= 0.6 is 0 Å². The number of amides is 3. The quantitative estimate of drug-likeness (QED) is 0.600. The molecule has 0 radical (unpaired) electrons. The van der Waals surface area contributed by atoms with Gasteiger partial charge >= 0.3 is 0 Å². The van der Waals surface area contributed by atoms with Crippen LogP contribution in [0.2, 0.25) is 0 Å². The first-order valence-corrected chi connectivity index (χ1v) is 9.71. The lowest BCUT2D eigenvalue weighted by atomic mass is 9.95. The van der Waals surface area contributed by atoms with Gasteiger partial charge in [0.15, 0.2) is 17.3 Å². The van der Waals surface area contributed by atoms with E-state index in [9.17, 15) is 14.4 Å². The monoisotopic (exact) mass is 415 g/mol. The summed E-state index contributed by atoms with van der Waals surface area (Å²) in [6.45, 7) is 4.51. The Morgan fingerprint density at radius 3 is 2.40 bits per heavy atom. The third kappa shape index (κ3) is 5.53. The van der Waals surface area contributed by atoms with Gasteiger partial charge in [-0.05, 0) is 35.7 Å². The zero-order chi connectivity index (χ0) is 21.5. The van der Waals surface area contributed by atoms with Crippen molar-refractivity contribution in [2.75, 3.05) is 26.3 Å². The highest BCUT2D eigenvalue weighted by molar-refractivity contribution is 5.94. The van der Waals surface area contributed by atoms with E-state index in [0.29, 0.717) is 24.7 Å².